The maximum absolute atomic E-state index is 14.4. The summed E-state index contributed by atoms with van der Waals surface area (Å²) in [6.45, 7) is -0.0968. The number of hydrogen-bond acceptors (Lipinski definition) is 9. The van der Waals surface area contributed by atoms with Crippen molar-refractivity contribution >= 4 is 29.7 Å². The Morgan fingerprint density at radius 1 is 0.837 bits per heavy atom. The van der Waals surface area contributed by atoms with Crippen LogP contribution in [0.25, 0.3) is 0 Å². The van der Waals surface area contributed by atoms with Crippen LogP contribution in [0.2, 0.25) is 0 Å². The second kappa shape index (κ2) is 16.2. The highest BCUT2D eigenvalue weighted by Gasteiger charge is 2.63. The van der Waals surface area contributed by atoms with E-state index in [4.69, 9.17) is 9.47 Å². The van der Waals surface area contributed by atoms with Crippen molar-refractivity contribution in [1.29, 1.82) is 0 Å². The van der Waals surface area contributed by atoms with Crippen LogP contribution in [-0.4, -0.2) is 69.8 Å². The Balaban J connectivity index is 2.24. The second-order valence-electron chi connectivity index (χ2n) is 9.18. The summed E-state index contributed by atoms with van der Waals surface area (Å²) >= 11 is 0. The number of esters is 2. The fourth-order valence-electron chi connectivity index (χ4n) is 4.16. The van der Waals surface area contributed by atoms with Crippen molar-refractivity contribution in [2.75, 3.05) is 27.9 Å². The number of alkyl halides is 3. The van der Waals surface area contributed by atoms with Crippen LogP contribution in [-0.2, 0) is 50.3 Å². The van der Waals surface area contributed by atoms with E-state index < -0.39 is 65.4 Å². The van der Waals surface area contributed by atoms with Crippen LogP contribution in [0, 0.1) is 5.92 Å². The number of ether oxygens (including phenoxy) is 4. The molecule has 2 amide bonds. The van der Waals surface area contributed by atoms with E-state index >= 15 is 0 Å². The first-order valence-corrected chi connectivity index (χ1v) is 13.0. The molecule has 0 spiro atoms. The van der Waals surface area contributed by atoms with Gasteiger partial charge in [-0.15, -0.1) is 0 Å². The standard InChI is InChI=1S/C29H33F3N2O9/c1-40-24(36)21(25(37)41-2)17-23(35)22(15-10-16-33-27(39)43-18-19-11-6-4-7-12-19)34-26(38)28(42-3,29(30,31)32)20-13-8-5-9-14-20/h4-9,11-14,21-22H,10,15-18H2,1-3H3,(H,33,39)(H,34,38)/t22-,28+/m0/s1. The lowest BCUT2D eigenvalue weighted by molar-refractivity contribution is -0.266. The summed E-state index contributed by atoms with van der Waals surface area (Å²) in [4.78, 5) is 62.9. The lowest BCUT2D eigenvalue weighted by atomic mass is 9.90. The van der Waals surface area contributed by atoms with Crippen LogP contribution < -0.4 is 10.6 Å². The smallest absolute Gasteiger partial charge is 0.430 e. The molecule has 11 nitrogen and oxygen atoms in total. The predicted molar refractivity (Wildman–Crippen MR) is 144 cm³/mol. The van der Waals surface area contributed by atoms with E-state index in [-0.39, 0.29) is 26.0 Å². The highest BCUT2D eigenvalue weighted by atomic mass is 19.4. The van der Waals surface area contributed by atoms with Crippen molar-refractivity contribution in [3.8, 4) is 0 Å². The second-order valence-corrected chi connectivity index (χ2v) is 9.18. The highest BCUT2D eigenvalue weighted by Crippen LogP contribution is 2.42. The summed E-state index contributed by atoms with van der Waals surface area (Å²) in [6, 6.07) is 13.3. The Morgan fingerprint density at radius 3 is 1.91 bits per heavy atom. The van der Waals surface area contributed by atoms with Gasteiger partial charge in [-0.25, -0.2) is 4.79 Å². The molecule has 2 aromatic rings. The molecule has 14 heteroatoms. The van der Waals surface area contributed by atoms with Crippen molar-refractivity contribution in [2.45, 2.75) is 43.7 Å². The third kappa shape index (κ3) is 9.26. The van der Waals surface area contributed by atoms with E-state index in [9.17, 15) is 37.1 Å². The SMILES string of the molecule is COC(=O)C(CC(=O)[C@H](CCCNC(=O)OCc1ccccc1)NC(=O)[C@](OC)(c1ccccc1)C(F)(F)F)C(=O)OC. The lowest BCUT2D eigenvalue weighted by Gasteiger charge is -2.34. The molecule has 0 aliphatic heterocycles. The third-order valence-corrected chi connectivity index (χ3v) is 6.43. The minimum absolute atomic E-state index is 0.0116. The molecule has 0 heterocycles. The van der Waals surface area contributed by atoms with Gasteiger partial charge < -0.3 is 29.6 Å². The maximum atomic E-state index is 14.4. The first-order chi connectivity index (χ1) is 20.4. The molecule has 234 valence electrons. The first kappa shape index (κ1) is 34.7. The molecule has 43 heavy (non-hydrogen) atoms. The Kier molecular flexibility index (Phi) is 13.1. The van der Waals surface area contributed by atoms with Gasteiger partial charge in [-0.1, -0.05) is 60.7 Å². The van der Waals surface area contributed by atoms with Crippen molar-refractivity contribution in [3.63, 3.8) is 0 Å². The number of amides is 2. The molecule has 0 unspecified atom stereocenters. The molecule has 0 saturated carbocycles. The number of carbonyl (C=O) groups is 5. The molecule has 0 aromatic heterocycles. The largest absolute Gasteiger partial charge is 0.468 e. The van der Waals surface area contributed by atoms with Crippen LogP contribution in [0.5, 0.6) is 0 Å². The van der Waals surface area contributed by atoms with E-state index in [1.165, 1.54) is 18.2 Å². The average molecular weight is 611 g/mol. The molecule has 0 aliphatic rings. The van der Waals surface area contributed by atoms with E-state index in [0.717, 1.165) is 31.9 Å². The summed E-state index contributed by atoms with van der Waals surface area (Å²) in [5.41, 5.74) is -3.30. The molecular weight excluding hydrogens is 577 g/mol. The number of halogens is 3. The van der Waals surface area contributed by atoms with Gasteiger partial charge in [0.25, 0.3) is 11.5 Å². The van der Waals surface area contributed by atoms with Crippen molar-refractivity contribution < 1.29 is 56.1 Å². The fourth-order valence-corrected chi connectivity index (χ4v) is 4.16. The van der Waals surface area contributed by atoms with E-state index in [1.54, 1.807) is 30.3 Å². The number of ketones is 1. The quantitative estimate of drug-likeness (QED) is 0.134. The molecule has 0 fully saturated rings. The van der Waals surface area contributed by atoms with Crippen LogP contribution in [0.4, 0.5) is 18.0 Å². The summed E-state index contributed by atoms with van der Waals surface area (Å²) in [5.74, 6) is -6.61. The molecule has 0 saturated heterocycles. The van der Waals surface area contributed by atoms with Gasteiger partial charge in [0.2, 0.25) is 0 Å². The molecule has 2 atom stereocenters. The van der Waals surface area contributed by atoms with Gasteiger partial charge in [0.15, 0.2) is 11.7 Å². The molecular formula is C29H33F3N2O9. The van der Waals surface area contributed by atoms with Gasteiger partial charge in [0, 0.05) is 25.6 Å². The van der Waals surface area contributed by atoms with Gasteiger partial charge in [0.05, 0.1) is 20.3 Å². The first-order valence-electron chi connectivity index (χ1n) is 13.0. The minimum Gasteiger partial charge on any atom is -0.468 e. The number of carbonyl (C=O) groups excluding carboxylic acids is 5. The maximum Gasteiger partial charge on any atom is 0.430 e. The summed E-state index contributed by atoms with van der Waals surface area (Å²) in [7, 11) is 2.65. The van der Waals surface area contributed by atoms with Crippen molar-refractivity contribution in [3.05, 3.63) is 71.8 Å². The van der Waals surface area contributed by atoms with Crippen molar-refractivity contribution in [2.24, 2.45) is 5.92 Å². The monoisotopic (exact) mass is 610 g/mol. The van der Waals surface area contributed by atoms with Gasteiger partial charge >= 0.3 is 24.2 Å². The molecule has 2 N–H and O–H groups in total. The molecule has 0 radical (unpaired) electrons. The number of Topliss-reactive ketones (excluding diaryl/α,β-unsaturated/α-hetero) is 1. The molecule has 0 aliphatic carbocycles. The molecule has 0 bridgehead atoms. The van der Waals surface area contributed by atoms with Crippen LogP contribution in [0.3, 0.4) is 0 Å². The minimum atomic E-state index is -5.26. The zero-order valence-corrected chi connectivity index (χ0v) is 23.8. The number of nitrogens with one attached hydrogen (secondary N) is 2. The third-order valence-electron chi connectivity index (χ3n) is 6.43. The van der Waals surface area contributed by atoms with E-state index in [1.807, 2.05) is 0 Å². The number of alkyl carbamates (subject to hydrolysis) is 1. The van der Waals surface area contributed by atoms with E-state index in [2.05, 4.69) is 20.1 Å². The lowest BCUT2D eigenvalue weighted by Crippen LogP contribution is -2.58. The topological polar surface area (TPSA) is 146 Å². The van der Waals surface area contributed by atoms with Gasteiger partial charge in [0.1, 0.15) is 6.61 Å². The van der Waals surface area contributed by atoms with E-state index in [0.29, 0.717) is 7.11 Å². The number of hydrogen-bond donors (Lipinski definition) is 2. The van der Waals surface area contributed by atoms with Crippen LogP contribution in [0.1, 0.15) is 30.4 Å². The zero-order chi connectivity index (χ0) is 32.0. The Hall–Kier alpha value is -4.46. The Morgan fingerprint density at radius 2 is 1.40 bits per heavy atom. The fraction of sp³-hybridized carbons (Fsp3) is 0.414. The predicted octanol–water partition coefficient (Wildman–Crippen LogP) is 3.20. The summed E-state index contributed by atoms with van der Waals surface area (Å²) < 4.78 is 62.2. The van der Waals surface area contributed by atoms with Gasteiger partial charge in [-0.3, -0.25) is 19.2 Å². The Labute approximate surface area is 246 Å². The van der Waals surface area contributed by atoms with Gasteiger partial charge in [-0.2, -0.15) is 13.2 Å². The number of benzene rings is 2. The van der Waals surface area contributed by atoms with Gasteiger partial charge in [-0.05, 0) is 18.4 Å². The molecule has 2 aromatic carbocycles. The zero-order valence-electron chi connectivity index (χ0n) is 23.8. The van der Waals surface area contributed by atoms with Crippen LogP contribution in [0.15, 0.2) is 60.7 Å². The van der Waals surface area contributed by atoms with Crippen molar-refractivity contribution in [1.82, 2.24) is 10.6 Å². The van der Waals surface area contributed by atoms with Crippen LogP contribution >= 0.6 is 0 Å². The number of methoxy groups -OCH3 is 3. The molecule has 2 rings (SSSR count). The summed E-state index contributed by atoms with van der Waals surface area (Å²) in [5, 5.41) is 4.54. The summed E-state index contributed by atoms with van der Waals surface area (Å²) in [6.07, 6.45) is -7.19. The Bertz CT molecular complexity index is 1230. The normalized spacial score (nSPS) is 13.3. The highest BCUT2D eigenvalue weighted by molar-refractivity contribution is 6.01. The number of rotatable bonds is 15. The average Bonchev–Trinajstić information content (AvgIpc) is 3.00.